The predicted molar refractivity (Wildman–Crippen MR) is 92.4 cm³/mol. The van der Waals surface area contributed by atoms with E-state index in [9.17, 15) is 18.5 Å². The molecule has 2 aromatic rings. The van der Waals surface area contributed by atoms with Gasteiger partial charge in [0, 0.05) is 18.2 Å². The summed E-state index contributed by atoms with van der Waals surface area (Å²) >= 11 is 0. The van der Waals surface area contributed by atoms with Crippen LogP contribution in [0.25, 0.3) is 0 Å². The molecule has 0 saturated heterocycles. The molecule has 128 valence electrons. The molecule has 0 aromatic heterocycles. The zero-order valence-corrected chi connectivity index (χ0v) is 14.3. The average molecular weight is 348 g/mol. The molecule has 6 nitrogen and oxygen atoms in total. The number of nitrogens with one attached hydrogen (secondary N) is 1. The maximum Gasteiger partial charge on any atom is 0.273 e. The minimum Gasteiger partial charge on any atom is -0.258 e. The van der Waals surface area contributed by atoms with Crippen molar-refractivity contribution in [1.29, 1.82) is 0 Å². The second kappa shape index (κ2) is 8.03. The molecule has 7 heteroatoms. The third-order valence-electron chi connectivity index (χ3n) is 3.71. The highest BCUT2D eigenvalue weighted by Crippen LogP contribution is 2.22. The van der Waals surface area contributed by atoms with Gasteiger partial charge in [-0.05, 0) is 37.8 Å². The molecule has 0 amide bonds. The minimum atomic E-state index is -3.73. The molecule has 0 unspecified atom stereocenters. The van der Waals surface area contributed by atoms with Crippen molar-refractivity contribution in [2.24, 2.45) is 0 Å². The number of rotatable bonds is 8. The van der Waals surface area contributed by atoms with Gasteiger partial charge in [-0.25, -0.2) is 13.1 Å². The van der Waals surface area contributed by atoms with Crippen LogP contribution in [0.1, 0.15) is 24.0 Å². The Balaban J connectivity index is 1.89. The van der Waals surface area contributed by atoms with Crippen molar-refractivity contribution < 1.29 is 13.3 Å². The topological polar surface area (TPSA) is 89.3 Å². The predicted octanol–water partition coefficient (Wildman–Crippen LogP) is 3.20. The Labute approximate surface area is 141 Å². The molecule has 0 aliphatic heterocycles. The van der Waals surface area contributed by atoms with Crippen LogP contribution in [0.3, 0.4) is 0 Å². The number of unbranched alkanes of at least 4 members (excludes halogenated alkanes) is 1. The van der Waals surface area contributed by atoms with Crippen molar-refractivity contribution in [2.75, 3.05) is 6.54 Å². The molecule has 0 aliphatic rings. The molecule has 1 N–H and O–H groups in total. The molecule has 0 radical (unpaired) electrons. The van der Waals surface area contributed by atoms with Crippen LogP contribution < -0.4 is 4.72 Å². The van der Waals surface area contributed by atoms with Crippen molar-refractivity contribution in [3.63, 3.8) is 0 Å². The third kappa shape index (κ3) is 4.87. The number of aryl methyl sites for hydroxylation is 2. The smallest absolute Gasteiger partial charge is 0.258 e. The molecule has 0 aliphatic carbocycles. The fourth-order valence-electron chi connectivity index (χ4n) is 2.34. The van der Waals surface area contributed by atoms with Gasteiger partial charge in [0.1, 0.15) is 0 Å². The van der Waals surface area contributed by atoms with Gasteiger partial charge in [-0.2, -0.15) is 0 Å². The number of nitrogens with zero attached hydrogens (tertiary/aromatic N) is 1. The van der Waals surface area contributed by atoms with Crippen molar-refractivity contribution in [3.05, 3.63) is 69.8 Å². The van der Waals surface area contributed by atoms with Gasteiger partial charge in [0.2, 0.25) is 10.0 Å². The van der Waals surface area contributed by atoms with Crippen LogP contribution in [0.5, 0.6) is 0 Å². The Hall–Kier alpha value is -2.25. The largest absolute Gasteiger partial charge is 0.273 e. The molecule has 0 fully saturated rings. The van der Waals surface area contributed by atoms with Gasteiger partial charge in [0.05, 0.1) is 9.82 Å². The molecule has 0 spiro atoms. The number of hydrogen-bond donors (Lipinski definition) is 1. The summed E-state index contributed by atoms with van der Waals surface area (Å²) in [5.41, 5.74) is 1.46. The lowest BCUT2D eigenvalue weighted by Gasteiger charge is -2.07. The standard InChI is InChI=1S/C17H20N2O4S/c1-14-10-11-16(13-17(14)19(20)21)24(22,23)18-12-6-5-9-15-7-3-2-4-8-15/h2-4,7-8,10-11,13,18H,5-6,9,12H2,1H3. The number of nitro groups is 1. The lowest BCUT2D eigenvalue weighted by molar-refractivity contribution is -0.385. The Kier molecular flexibility index (Phi) is 6.05. The molecule has 2 rings (SSSR count). The van der Waals surface area contributed by atoms with E-state index >= 15 is 0 Å². The van der Waals surface area contributed by atoms with Crippen molar-refractivity contribution >= 4 is 15.7 Å². The monoisotopic (exact) mass is 348 g/mol. The lowest BCUT2D eigenvalue weighted by Crippen LogP contribution is -2.25. The highest BCUT2D eigenvalue weighted by Gasteiger charge is 2.19. The van der Waals surface area contributed by atoms with E-state index in [-0.39, 0.29) is 10.6 Å². The van der Waals surface area contributed by atoms with Crippen LogP contribution in [0, 0.1) is 17.0 Å². The van der Waals surface area contributed by atoms with Gasteiger partial charge in [-0.1, -0.05) is 36.4 Å². The van der Waals surface area contributed by atoms with E-state index in [4.69, 9.17) is 0 Å². The van der Waals surface area contributed by atoms with Crippen LogP contribution in [0.4, 0.5) is 5.69 Å². The lowest BCUT2D eigenvalue weighted by atomic mass is 10.1. The molecular weight excluding hydrogens is 328 g/mol. The summed E-state index contributed by atoms with van der Waals surface area (Å²) in [6.07, 6.45) is 2.45. The Morgan fingerprint density at radius 2 is 1.79 bits per heavy atom. The molecule has 24 heavy (non-hydrogen) atoms. The van der Waals surface area contributed by atoms with E-state index < -0.39 is 14.9 Å². The maximum atomic E-state index is 12.2. The summed E-state index contributed by atoms with van der Waals surface area (Å²) in [7, 11) is -3.73. The van der Waals surface area contributed by atoms with E-state index in [1.807, 2.05) is 30.3 Å². The van der Waals surface area contributed by atoms with Crippen molar-refractivity contribution in [3.8, 4) is 0 Å². The Morgan fingerprint density at radius 1 is 1.08 bits per heavy atom. The number of hydrogen-bond acceptors (Lipinski definition) is 4. The van der Waals surface area contributed by atoms with Gasteiger partial charge in [0.25, 0.3) is 5.69 Å². The first kappa shape index (κ1) is 18.1. The van der Waals surface area contributed by atoms with Gasteiger partial charge in [-0.3, -0.25) is 10.1 Å². The van der Waals surface area contributed by atoms with E-state index in [2.05, 4.69) is 4.72 Å². The van der Waals surface area contributed by atoms with Gasteiger partial charge in [0.15, 0.2) is 0 Å². The summed E-state index contributed by atoms with van der Waals surface area (Å²) in [6.45, 7) is 1.88. The number of benzene rings is 2. The first-order valence-electron chi connectivity index (χ1n) is 7.69. The van der Waals surface area contributed by atoms with E-state index in [0.717, 1.165) is 18.9 Å². The molecule has 0 bridgehead atoms. The summed E-state index contributed by atoms with van der Waals surface area (Å²) in [5, 5.41) is 10.9. The normalized spacial score (nSPS) is 11.4. The highest BCUT2D eigenvalue weighted by molar-refractivity contribution is 7.89. The fourth-order valence-corrected chi connectivity index (χ4v) is 3.44. The summed E-state index contributed by atoms with van der Waals surface area (Å²) in [6, 6.07) is 13.9. The van der Waals surface area contributed by atoms with Gasteiger partial charge < -0.3 is 0 Å². The first-order valence-corrected chi connectivity index (χ1v) is 9.17. The summed E-state index contributed by atoms with van der Waals surface area (Å²) in [4.78, 5) is 10.3. The molecule has 2 aromatic carbocycles. The van der Waals surface area contributed by atoms with Crippen molar-refractivity contribution in [1.82, 2.24) is 4.72 Å². The van der Waals surface area contributed by atoms with Crippen molar-refractivity contribution in [2.45, 2.75) is 31.1 Å². The van der Waals surface area contributed by atoms with E-state index in [0.29, 0.717) is 18.5 Å². The maximum absolute atomic E-state index is 12.2. The third-order valence-corrected chi connectivity index (χ3v) is 5.17. The molecule has 0 heterocycles. The summed E-state index contributed by atoms with van der Waals surface area (Å²) in [5.74, 6) is 0. The SMILES string of the molecule is Cc1ccc(S(=O)(=O)NCCCCc2ccccc2)cc1[N+](=O)[O-]. The van der Waals surface area contributed by atoms with Crippen LogP contribution in [0.2, 0.25) is 0 Å². The van der Waals surface area contributed by atoms with Crippen LogP contribution in [-0.2, 0) is 16.4 Å². The second-order valence-corrected chi connectivity index (χ2v) is 7.31. The zero-order valence-electron chi connectivity index (χ0n) is 13.4. The molecule has 0 saturated carbocycles. The summed E-state index contributed by atoms with van der Waals surface area (Å²) < 4.78 is 26.9. The number of nitro benzene ring substituents is 1. The minimum absolute atomic E-state index is 0.0807. The Bertz CT molecular complexity index is 805. The van der Waals surface area contributed by atoms with Crippen LogP contribution in [0.15, 0.2) is 53.4 Å². The van der Waals surface area contributed by atoms with Crippen LogP contribution in [-0.4, -0.2) is 19.9 Å². The first-order chi connectivity index (χ1) is 11.4. The van der Waals surface area contributed by atoms with E-state index in [1.165, 1.54) is 17.7 Å². The van der Waals surface area contributed by atoms with E-state index in [1.54, 1.807) is 6.92 Å². The van der Waals surface area contributed by atoms with Gasteiger partial charge >= 0.3 is 0 Å². The zero-order chi connectivity index (χ0) is 17.6. The Morgan fingerprint density at radius 3 is 2.46 bits per heavy atom. The second-order valence-electron chi connectivity index (χ2n) is 5.55. The van der Waals surface area contributed by atoms with Gasteiger partial charge in [-0.15, -0.1) is 0 Å². The molecule has 0 atom stereocenters. The van der Waals surface area contributed by atoms with Crippen LogP contribution >= 0.6 is 0 Å². The highest BCUT2D eigenvalue weighted by atomic mass is 32.2. The number of sulfonamides is 1. The average Bonchev–Trinajstić information content (AvgIpc) is 2.55. The fraction of sp³-hybridized carbons (Fsp3) is 0.294. The quantitative estimate of drug-likeness (QED) is 0.451. The molecular formula is C17H20N2O4S.